The fraction of sp³-hybridized carbons (Fsp3) is 0.333. The zero-order chi connectivity index (χ0) is 14.8. The molecule has 0 spiro atoms. The van der Waals surface area contributed by atoms with Crippen LogP contribution in [0, 0.1) is 20.8 Å². The molecule has 0 aliphatic rings. The third kappa shape index (κ3) is 4.02. The van der Waals surface area contributed by atoms with Gasteiger partial charge in [-0.15, -0.1) is 0 Å². The van der Waals surface area contributed by atoms with Crippen molar-refractivity contribution >= 4 is 42.9 Å². The lowest BCUT2D eigenvalue weighted by Crippen LogP contribution is -2.05. The number of hydrogen-bond acceptors (Lipinski definition) is 3. The van der Waals surface area contributed by atoms with E-state index >= 15 is 0 Å². The minimum atomic E-state index is -3.77. The normalized spacial score (nSPS) is 12.6. The van der Waals surface area contributed by atoms with Crippen LogP contribution in [0.1, 0.15) is 16.7 Å². The van der Waals surface area contributed by atoms with Crippen molar-refractivity contribution in [2.45, 2.75) is 25.7 Å². The number of hydrogen-bond donors (Lipinski definition) is 0. The summed E-state index contributed by atoms with van der Waals surface area (Å²) in [5.41, 5.74) is 3.15. The van der Waals surface area contributed by atoms with Crippen LogP contribution in [-0.2, 0) is 9.05 Å². The van der Waals surface area contributed by atoms with Crippen LogP contribution in [0.3, 0.4) is 0 Å². The second-order valence-electron chi connectivity index (χ2n) is 4.05. The average molecular weight is 344 g/mol. The Morgan fingerprint density at radius 2 is 1.89 bits per heavy atom. The molecule has 0 amide bonds. The molecule has 3 nitrogen and oxygen atoms in total. The summed E-state index contributed by atoms with van der Waals surface area (Å²) in [6.45, 7) is 5.31. The van der Waals surface area contributed by atoms with Crippen molar-refractivity contribution in [1.82, 2.24) is 0 Å². The fourth-order valence-corrected chi connectivity index (χ4v) is 3.10. The van der Waals surface area contributed by atoms with Crippen LogP contribution in [-0.4, -0.2) is 15.0 Å². The van der Waals surface area contributed by atoms with Crippen molar-refractivity contribution in [2.75, 3.05) is 6.61 Å². The molecule has 0 atom stereocenters. The summed E-state index contributed by atoms with van der Waals surface area (Å²) in [4.78, 5) is 0.0931. The summed E-state index contributed by atoms with van der Waals surface area (Å²) in [6, 6.07) is 1.48. The Balaban J connectivity index is 3.27. The van der Waals surface area contributed by atoms with Crippen LogP contribution in [0.5, 0.6) is 5.75 Å². The molecule has 1 rings (SSSR count). The first-order valence-corrected chi connectivity index (χ1v) is 8.44. The van der Waals surface area contributed by atoms with Gasteiger partial charge in [-0.1, -0.05) is 23.2 Å². The largest absolute Gasteiger partial charge is 0.487 e. The number of rotatable bonds is 4. The highest BCUT2D eigenvalue weighted by atomic mass is 35.7. The minimum Gasteiger partial charge on any atom is -0.487 e. The van der Waals surface area contributed by atoms with Gasteiger partial charge in [0, 0.05) is 16.2 Å². The molecule has 0 aromatic heterocycles. The van der Waals surface area contributed by atoms with E-state index in [0.29, 0.717) is 27.5 Å². The zero-order valence-corrected chi connectivity index (χ0v) is 13.7. The lowest BCUT2D eigenvalue weighted by Gasteiger charge is -2.16. The molecule has 0 heterocycles. The minimum absolute atomic E-state index is 0.0931. The van der Waals surface area contributed by atoms with Crippen molar-refractivity contribution in [3.05, 3.63) is 33.3 Å². The molecule has 1 aromatic rings. The molecule has 0 unspecified atom stereocenters. The Labute approximate surface area is 127 Å². The van der Waals surface area contributed by atoms with E-state index in [1.807, 2.05) is 0 Å². The van der Waals surface area contributed by atoms with E-state index in [4.69, 9.17) is 38.6 Å². The van der Waals surface area contributed by atoms with Gasteiger partial charge >= 0.3 is 0 Å². The highest BCUT2D eigenvalue weighted by Gasteiger charge is 2.19. The molecule has 7 heteroatoms. The van der Waals surface area contributed by atoms with Crippen molar-refractivity contribution in [1.29, 1.82) is 0 Å². The first-order valence-electron chi connectivity index (χ1n) is 5.31. The lowest BCUT2D eigenvalue weighted by molar-refractivity contribution is 0.353. The second-order valence-corrected chi connectivity index (χ2v) is 7.29. The van der Waals surface area contributed by atoms with Crippen molar-refractivity contribution < 1.29 is 13.2 Å². The van der Waals surface area contributed by atoms with E-state index in [1.165, 1.54) is 11.6 Å². The molecule has 0 saturated heterocycles. The predicted octanol–water partition coefficient (Wildman–Crippen LogP) is 4.24. The quantitative estimate of drug-likeness (QED) is 0.768. The standard InChI is InChI=1S/C12H13Cl3O3S/c1-7-4-11(19(15,16)17)8(2)9(3)12(7)18-6-10(14)5-13/h4-5H,6H2,1-3H3/b10-5-. The van der Waals surface area contributed by atoms with Crippen molar-refractivity contribution in [2.24, 2.45) is 0 Å². The highest BCUT2D eigenvalue weighted by Crippen LogP contribution is 2.32. The number of aryl methyl sites for hydroxylation is 1. The molecular weight excluding hydrogens is 331 g/mol. The third-order valence-corrected chi connectivity index (χ3v) is 4.76. The van der Waals surface area contributed by atoms with E-state index in [1.54, 1.807) is 20.8 Å². The van der Waals surface area contributed by atoms with E-state index in [9.17, 15) is 8.42 Å². The molecule has 0 fully saturated rings. The topological polar surface area (TPSA) is 43.4 Å². The van der Waals surface area contributed by atoms with E-state index < -0.39 is 9.05 Å². The molecule has 0 radical (unpaired) electrons. The molecular formula is C12H13Cl3O3S. The van der Waals surface area contributed by atoms with Crippen LogP contribution in [0.15, 0.2) is 21.5 Å². The van der Waals surface area contributed by atoms with E-state index in [2.05, 4.69) is 0 Å². The number of benzene rings is 1. The highest BCUT2D eigenvalue weighted by molar-refractivity contribution is 8.13. The summed E-state index contributed by atoms with van der Waals surface area (Å²) in [6.07, 6.45) is 0. The van der Waals surface area contributed by atoms with E-state index in [0.717, 1.165) is 0 Å². The van der Waals surface area contributed by atoms with Crippen LogP contribution in [0.4, 0.5) is 0 Å². The number of halogens is 3. The van der Waals surface area contributed by atoms with Gasteiger partial charge in [0.25, 0.3) is 9.05 Å². The predicted molar refractivity (Wildman–Crippen MR) is 79.0 cm³/mol. The van der Waals surface area contributed by atoms with Gasteiger partial charge in [-0.25, -0.2) is 8.42 Å². The van der Waals surface area contributed by atoms with Gasteiger partial charge in [-0.2, -0.15) is 0 Å². The maximum atomic E-state index is 11.5. The smallest absolute Gasteiger partial charge is 0.261 e. The fourth-order valence-electron chi connectivity index (χ4n) is 1.67. The molecule has 0 N–H and O–H groups in total. The van der Waals surface area contributed by atoms with Crippen LogP contribution >= 0.6 is 33.9 Å². The van der Waals surface area contributed by atoms with Gasteiger partial charge in [0.2, 0.25) is 0 Å². The number of ether oxygens (including phenoxy) is 1. The average Bonchev–Trinajstić information content (AvgIpc) is 2.31. The Hall–Kier alpha value is -0.420. The molecule has 1 aromatic carbocycles. The summed E-state index contributed by atoms with van der Waals surface area (Å²) < 4.78 is 28.5. The maximum Gasteiger partial charge on any atom is 0.261 e. The first kappa shape index (κ1) is 16.6. The molecule has 0 aliphatic heterocycles. The lowest BCUT2D eigenvalue weighted by atomic mass is 10.1. The van der Waals surface area contributed by atoms with Crippen molar-refractivity contribution in [3.63, 3.8) is 0 Å². The Kier molecular flexibility index (Phi) is 5.56. The van der Waals surface area contributed by atoms with Gasteiger partial charge < -0.3 is 4.74 Å². The Bertz CT molecular complexity index is 622. The van der Waals surface area contributed by atoms with E-state index in [-0.39, 0.29) is 11.5 Å². The summed E-state index contributed by atoms with van der Waals surface area (Å²) in [5, 5.41) is 0.354. The second kappa shape index (κ2) is 6.35. The Morgan fingerprint density at radius 1 is 1.32 bits per heavy atom. The summed E-state index contributed by atoms with van der Waals surface area (Å²) >= 11 is 11.2. The molecule has 0 bridgehead atoms. The van der Waals surface area contributed by atoms with Gasteiger partial charge in [0.1, 0.15) is 12.4 Å². The van der Waals surface area contributed by atoms with Gasteiger partial charge in [0.05, 0.1) is 9.93 Å². The summed E-state index contributed by atoms with van der Waals surface area (Å²) in [5.74, 6) is 0.582. The zero-order valence-electron chi connectivity index (χ0n) is 10.6. The first-order chi connectivity index (χ1) is 8.68. The van der Waals surface area contributed by atoms with Gasteiger partial charge in [0.15, 0.2) is 0 Å². The molecule has 0 saturated carbocycles. The molecule has 106 valence electrons. The van der Waals surface area contributed by atoms with Crippen LogP contribution in [0.2, 0.25) is 0 Å². The Morgan fingerprint density at radius 3 is 2.37 bits per heavy atom. The van der Waals surface area contributed by atoms with Gasteiger partial charge in [-0.3, -0.25) is 0 Å². The molecule has 0 aliphatic carbocycles. The van der Waals surface area contributed by atoms with Crippen LogP contribution in [0.25, 0.3) is 0 Å². The monoisotopic (exact) mass is 342 g/mol. The maximum absolute atomic E-state index is 11.5. The van der Waals surface area contributed by atoms with Gasteiger partial charge in [-0.05, 0) is 43.5 Å². The third-order valence-electron chi connectivity index (χ3n) is 2.71. The van der Waals surface area contributed by atoms with Crippen LogP contribution < -0.4 is 4.74 Å². The SMILES string of the molecule is Cc1cc(S(=O)(=O)Cl)c(C)c(C)c1OC/C(Cl)=C/Cl. The summed E-state index contributed by atoms with van der Waals surface area (Å²) in [7, 11) is 1.62. The molecule has 19 heavy (non-hydrogen) atoms. The van der Waals surface area contributed by atoms with Crippen molar-refractivity contribution in [3.8, 4) is 5.75 Å².